The second-order valence-corrected chi connectivity index (χ2v) is 3.92. The van der Waals surface area contributed by atoms with Crippen molar-refractivity contribution in [2.75, 3.05) is 11.9 Å². The fraction of sp³-hybridized carbons (Fsp3) is 0.455. The molecule has 0 saturated carbocycles. The summed E-state index contributed by atoms with van der Waals surface area (Å²) < 4.78 is 37.3. The molecule has 0 bridgehead atoms. The van der Waals surface area contributed by atoms with Gasteiger partial charge in [-0.3, -0.25) is 0 Å². The molecule has 1 aromatic carbocycles. The molecule has 1 heterocycles. The second kappa shape index (κ2) is 3.43. The van der Waals surface area contributed by atoms with Gasteiger partial charge in [0.15, 0.2) is 0 Å². The van der Waals surface area contributed by atoms with E-state index in [-0.39, 0.29) is 0 Å². The van der Waals surface area contributed by atoms with Crippen LogP contribution in [0.1, 0.15) is 30.4 Å². The third-order valence-electron chi connectivity index (χ3n) is 2.80. The van der Waals surface area contributed by atoms with Gasteiger partial charge < -0.3 is 5.32 Å². The van der Waals surface area contributed by atoms with Gasteiger partial charge in [0.25, 0.3) is 0 Å². The molecule has 0 aromatic heterocycles. The van der Waals surface area contributed by atoms with Crippen LogP contribution in [0.15, 0.2) is 18.2 Å². The molecule has 1 aliphatic heterocycles. The number of anilines is 1. The summed E-state index contributed by atoms with van der Waals surface area (Å²) in [5, 5.41) is 3.01. The molecule has 0 aliphatic carbocycles. The highest BCUT2D eigenvalue weighted by Gasteiger charge is 2.31. The summed E-state index contributed by atoms with van der Waals surface area (Å²) in [6.45, 7) is 2.78. The average molecular weight is 215 g/mol. The van der Waals surface area contributed by atoms with Crippen molar-refractivity contribution in [3.05, 3.63) is 29.3 Å². The lowest BCUT2D eigenvalue weighted by molar-refractivity contribution is -0.137. The van der Waals surface area contributed by atoms with Gasteiger partial charge in [-0.25, -0.2) is 0 Å². The van der Waals surface area contributed by atoms with E-state index in [1.54, 1.807) is 6.07 Å². The fourth-order valence-electron chi connectivity index (χ4n) is 1.89. The summed E-state index contributed by atoms with van der Waals surface area (Å²) in [5.74, 6) is 0.337. The number of halogens is 3. The third-order valence-corrected chi connectivity index (χ3v) is 2.80. The highest BCUT2D eigenvalue weighted by Crippen LogP contribution is 2.36. The first-order valence-electron chi connectivity index (χ1n) is 4.93. The zero-order valence-electron chi connectivity index (χ0n) is 8.36. The predicted molar refractivity (Wildman–Crippen MR) is 53.0 cm³/mol. The minimum atomic E-state index is -4.25. The standard InChI is InChI=1S/C11H12F3N/c1-7-4-5-15-10-6-8(11(12,13)14)2-3-9(7)10/h2-3,6-7,15H,4-5H2,1H3. The molecule has 1 aromatic rings. The van der Waals surface area contributed by atoms with Crippen molar-refractivity contribution in [1.82, 2.24) is 0 Å². The van der Waals surface area contributed by atoms with Gasteiger partial charge in [-0.05, 0) is 30.0 Å². The van der Waals surface area contributed by atoms with Gasteiger partial charge in [0.05, 0.1) is 5.56 Å². The first-order valence-corrected chi connectivity index (χ1v) is 4.93. The number of benzene rings is 1. The molecule has 1 atom stereocenters. The molecular formula is C11H12F3N. The van der Waals surface area contributed by atoms with Crippen LogP contribution in [-0.4, -0.2) is 6.54 Å². The number of hydrogen-bond acceptors (Lipinski definition) is 1. The summed E-state index contributed by atoms with van der Waals surface area (Å²) >= 11 is 0. The van der Waals surface area contributed by atoms with Crippen molar-refractivity contribution in [3.8, 4) is 0 Å². The molecule has 1 aliphatic rings. The van der Waals surface area contributed by atoms with Crippen LogP contribution in [0.3, 0.4) is 0 Å². The maximum Gasteiger partial charge on any atom is 0.416 e. The molecular weight excluding hydrogens is 203 g/mol. The van der Waals surface area contributed by atoms with E-state index < -0.39 is 11.7 Å². The Morgan fingerprint density at radius 2 is 2.07 bits per heavy atom. The molecule has 15 heavy (non-hydrogen) atoms. The first-order chi connectivity index (χ1) is 6.98. The third kappa shape index (κ3) is 1.94. The van der Waals surface area contributed by atoms with Crippen LogP contribution >= 0.6 is 0 Å². The Bertz CT molecular complexity index is 371. The summed E-state index contributed by atoms with van der Waals surface area (Å²) in [7, 11) is 0. The van der Waals surface area contributed by atoms with Crippen LogP contribution < -0.4 is 5.32 Å². The first kappa shape index (κ1) is 10.3. The topological polar surface area (TPSA) is 12.0 Å². The van der Waals surface area contributed by atoms with Gasteiger partial charge in [0, 0.05) is 12.2 Å². The number of alkyl halides is 3. The van der Waals surface area contributed by atoms with Crippen molar-refractivity contribution in [1.29, 1.82) is 0 Å². The van der Waals surface area contributed by atoms with Crippen LogP contribution in [0.25, 0.3) is 0 Å². The zero-order chi connectivity index (χ0) is 11.1. The molecule has 1 N–H and O–H groups in total. The zero-order valence-corrected chi connectivity index (χ0v) is 8.36. The van der Waals surface area contributed by atoms with E-state index in [0.717, 1.165) is 24.6 Å². The maximum atomic E-state index is 12.4. The Balaban J connectivity index is 2.42. The maximum absolute atomic E-state index is 12.4. The number of fused-ring (bicyclic) bond motifs is 1. The largest absolute Gasteiger partial charge is 0.416 e. The van der Waals surface area contributed by atoms with E-state index in [4.69, 9.17) is 0 Å². The highest BCUT2D eigenvalue weighted by molar-refractivity contribution is 5.56. The summed E-state index contributed by atoms with van der Waals surface area (Å²) in [5.41, 5.74) is 1.03. The van der Waals surface area contributed by atoms with Crippen molar-refractivity contribution >= 4 is 5.69 Å². The summed E-state index contributed by atoms with van der Waals surface area (Å²) in [6.07, 6.45) is -3.28. The quantitative estimate of drug-likeness (QED) is 0.696. The lowest BCUT2D eigenvalue weighted by Gasteiger charge is -2.24. The smallest absolute Gasteiger partial charge is 0.385 e. The van der Waals surface area contributed by atoms with E-state index in [9.17, 15) is 13.2 Å². The van der Waals surface area contributed by atoms with Gasteiger partial charge in [0.2, 0.25) is 0 Å². The fourth-order valence-corrected chi connectivity index (χ4v) is 1.89. The normalized spacial score (nSPS) is 20.7. The number of hydrogen-bond donors (Lipinski definition) is 1. The molecule has 0 spiro atoms. The van der Waals surface area contributed by atoms with Crippen molar-refractivity contribution < 1.29 is 13.2 Å². The number of nitrogens with one attached hydrogen (secondary N) is 1. The van der Waals surface area contributed by atoms with E-state index in [1.807, 2.05) is 6.92 Å². The lowest BCUT2D eigenvalue weighted by atomic mass is 9.92. The number of rotatable bonds is 0. The van der Waals surface area contributed by atoms with E-state index in [0.29, 0.717) is 11.6 Å². The van der Waals surface area contributed by atoms with Crippen molar-refractivity contribution in [2.24, 2.45) is 0 Å². The minimum absolute atomic E-state index is 0.337. The van der Waals surface area contributed by atoms with Crippen molar-refractivity contribution in [3.63, 3.8) is 0 Å². The van der Waals surface area contributed by atoms with Gasteiger partial charge in [-0.1, -0.05) is 13.0 Å². The van der Waals surface area contributed by atoms with Gasteiger partial charge >= 0.3 is 6.18 Å². The molecule has 0 saturated heterocycles. The van der Waals surface area contributed by atoms with Gasteiger partial charge in [-0.15, -0.1) is 0 Å². The van der Waals surface area contributed by atoms with E-state index in [1.165, 1.54) is 6.07 Å². The molecule has 2 rings (SSSR count). The van der Waals surface area contributed by atoms with Crippen LogP contribution in [0.5, 0.6) is 0 Å². The summed E-state index contributed by atoms with van der Waals surface area (Å²) in [6, 6.07) is 3.93. The Labute approximate surface area is 86.3 Å². The minimum Gasteiger partial charge on any atom is -0.385 e. The molecule has 0 radical (unpaired) electrons. The van der Waals surface area contributed by atoms with Gasteiger partial charge in [0.1, 0.15) is 0 Å². The van der Waals surface area contributed by atoms with E-state index in [2.05, 4.69) is 5.32 Å². The van der Waals surface area contributed by atoms with Crippen molar-refractivity contribution in [2.45, 2.75) is 25.4 Å². The average Bonchev–Trinajstić information content (AvgIpc) is 2.16. The monoisotopic (exact) mass is 215 g/mol. The SMILES string of the molecule is CC1CCNc2cc(C(F)(F)F)ccc21. The van der Waals surface area contributed by atoms with Crippen LogP contribution in [0.2, 0.25) is 0 Å². The molecule has 4 heteroatoms. The Kier molecular flexibility index (Phi) is 2.37. The Morgan fingerprint density at radius 3 is 2.73 bits per heavy atom. The molecule has 1 nitrogen and oxygen atoms in total. The summed E-state index contributed by atoms with van der Waals surface area (Å²) in [4.78, 5) is 0. The Hall–Kier alpha value is -1.19. The van der Waals surface area contributed by atoms with Crippen LogP contribution in [0.4, 0.5) is 18.9 Å². The molecule has 1 unspecified atom stereocenters. The highest BCUT2D eigenvalue weighted by atomic mass is 19.4. The second-order valence-electron chi connectivity index (χ2n) is 3.92. The molecule has 0 amide bonds. The lowest BCUT2D eigenvalue weighted by Crippen LogP contribution is -2.16. The van der Waals surface area contributed by atoms with E-state index >= 15 is 0 Å². The van der Waals surface area contributed by atoms with Crippen LogP contribution in [-0.2, 0) is 6.18 Å². The molecule has 82 valence electrons. The predicted octanol–water partition coefficient (Wildman–Crippen LogP) is 3.62. The molecule has 0 fully saturated rings. The van der Waals surface area contributed by atoms with Gasteiger partial charge in [-0.2, -0.15) is 13.2 Å². The van der Waals surface area contributed by atoms with Crippen LogP contribution in [0, 0.1) is 0 Å². The Morgan fingerprint density at radius 1 is 1.33 bits per heavy atom.